The molecule has 6 nitrogen and oxygen atoms in total. The minimum Gasteiger partial charge on any atom is -0.492 e. The van der Waals surface area contributed by atoms with Gasteiger partial charge in [-0.1, -0.05) is 18.2 Å². The van der Waals surface area contributed by atoms with Crippen molar-refractivity contribution in [3.05, 3.63) is 54.1 Å². The van der Waals surface area contributed by atoms with Crippen LogP contribution < -0.4 is 10.5 Å². The molecule has 1 aliphatic heterocycles. The van der Waals surface area contributed by atoms with Crippen LogP contribution in [-0.4, -0.2) is 35.7 Å². The number of ether oxygens (including phenoxy) is 1. The van der Waals surface area contributed by atoms with E-state index in [0.29, 0.717) is 24.5 Å². The third-order valence-electron chi connectivity index (χ3n) is 3.89. The van der Waals surface area contributed by atoms with Gasteiger partial charge in [-0.2, -0.15) is 0 Å². The molecule has 2 aromatic rings. The van der Waals surface area contributed by atoms with Crippen molar-refractivity contribution in [2.24, 2.45) is 5.73 Å². The maximum absolute atomic E-state index is 12.9. The van der Waals surface area contributed by atoms with Gasteiger partial charge >= 0.3 is 0 Å². The lowest BCUT2D eigenvalue weighted by atomic mass is 10.2. The molecule has 1 atom stereocenters. The zero-order valence-electron chi connectivity index (χ0n) is 13.2. The molecule has 0 fully saturated rings. The molecule has 2 N–H and O–H groups in total. The first kappa shape index (κ1) is 19.7. The number of fused-ring (bicyclic) bond motifs is 1. The number of halogens is 1. The Bertz CT molecular complexity index is 956. The van der Waals surface area contributed by atoms with Crippen LogP contribution in [0.25, 0.3) is 0 Å². The summed E-state index contributed by atoms with van der Waals surface area (Å²) >= 11 is 0. The van der Waals surface area contributed by atoms with Crippen LogP contribution in [0.15, 0.2) is 58.3 Å². The molecule has 1 unspecified atom stereocenters. The van der Waals surface area contributed by atoms with Gasteiger partial charge in [-0.05, 0) is 35.9 Å². The number of hydrogen-bond donors (Lipinski definition) is 1. The highest BCUT2D eigenvalue weighted by Crippen LogP contribution is 2.40. The van der Waals surface area contributed by atoms with Gasteiger partial charge in [-0.15, -0.1) is 12.4 Å². The Kier molecular flexibility index (Phi) is 5.78. The number of hydrogen-bond acceptors (Lipinski definition) is 6. The minimum absolute atomic E-state index is 0. The van der Waals surface area contributed by atoms with Gasteiger partial charge < -0.3 is 10.5 Å². The van der Waals surface area contributed by atoms with Gasteiger partial charge in [0.15, 0.2) is 19.7 Å². The van der Waals surface area contributed by atoms with Gasteiger partial charge in [0.1, 0.15) is 17.6 Å². The summed E-state index contributed by atoms with van der Waals surface area (Å²) in [5.41, 5.74) is 5.69. The minimum atomic E-state index is -3.82. The standard InChI is InChI=1S/C16H17NO5S2.ClH/c17-9-10-22-12-5-7-13(8-6-12)24(20,21)16-11-23(18,19)15-4-2-1-3-14(15)16;/h1-8,16H,9-11,17H2;1H. The number of nitrogens with two attached hydrogens (primary N) is 1. The van der Waals surface area contributed by atoms with E-state index in [9.17, 15) is 16.8 Å². The van der Waals surface area contributed by atoms with E-state index in [1.165, 1.54) is 30.3 Å². The van der Waals surface area contributed by atoms with E-state index in [4.69, 9.17) is 10.5 Å². The van der Waals surface area contributed by atoms with E-state index in [1.54, 1.807) is 18.2 Å². The molecule has 0 saturated carbocycles. The average molecular weight is 404 g/mol. The molecule has 0 aliphatic carbocycles. The Morgan fingerprint density at radius 3 is 2.36 bits per heavy atom. The predicted octanol–water partition coefficient (Wildman–Crippen LogP) is 1.75. The first-order valence-corrected chi connectivity index (χ1v) is 10.5. The summed E-state index contributed by atoms with van der Waals surface area (Å²) < 4.78 is 55.5. The Balaban J connectivity index is 0.00000225. The van der Waals surface area contributed by atoms with Gasteiger partial charge in [0.25, 0.3) is 0 Å². The maximum atomic E-state index is 12.9. The van der Waals surface area contributed by atoms with Crippen molar-refractivity contribution in [3.63, 3.8) is 0 Å². The normalized spacial score (nSPS) is 18.2. The van der Waals surface area contributed by atoms with Gasteiger partial charge in [0.2, 0.25) is 0 Å². The summed E-state index contributed by atoms with van der Waals surface area (Å²) in [5.74, 6) is 0.0824. The monoisotopic (exact) mass is 403 g/mol. The largest absolute Gasteiger partial charge is 0.492 e. The fourth-order valence-electron chi connectivity index (χ4n) is 2.73. The van der Waals surface area contributed by atoms with Crippen LogP contribution in [-0.2, 0) is 19.7 Å². The van der Waals surface area contributed by atoms with Crippen LogP contribution >= 0.6 is 12.4 Å². The fourth-order valence-corrected chi connectivity index (χ4v) is 7.06. The molecule has 0 bridgehead atoms. The lowest BCUT2D eigenvalue weighted by Crippen LogP contribution is -2.16. The molecule has 0 amide bonds. The third-order valence-corrected chi connectivity index (χ3v) is 8.01. The average Bonchev–Trinajstić information content (AvgIpc) is 2.86. The van der Waals surface area contributed by atoms with Crippen molar-refractivity contribution in [1.29, 1.82) is 0 Å². The van der Waals surface area contributed by atoms with Crippen LogP contribution in [0, 0.1) is 0 Å². The molecule has 1 aliphatic rings. The Morgan fingerprint density at radius 1 is 1.08 bits per heavy atom. The number of benzene rings is 2. The molecule has 136 valence electrons. The summed E-state index contributed by atoms with van der Waals surface area (Å²) in [4.78, 5) is 0.168. The van der Waals surface area contributed by atoms with Crippen molar-refractivity contribution in [2.45, 2.75) is 15.0 Å². The van der Waals surface area contributed by atoms with E-state index < -0.39 is 30.7 Å². The van der Waals surface area contributed by atoms with Gasteiger partial charge in [-0.3, -0.25) is 0 Å². The van der Waals surface area contributed by atoms with E-state index in [-0.39, 0.29) is 22.2 Å². The second-order valence-corrected chi connectivity index (χ2v) is 9.59. The van der Waals surface area contributed by atoms with Crippen LogP contribution in [0.1, 0.15) is 10.8 Å². The van der Waals surface area contributed by atoms with Crippen molar-refractivity contribution in [2.75, 3.05) is 18.9 Å². The van der Waals surface area contributed by atoms with E-state index in [1.807, 2.05) is 0 Å². The molecule has 1 heterocycles. The van der Waals surface area contributed by atoms with Crippen molar-refractivity contribution in [1.82, 2.24) is 0 Å². The highest BCUT2D eigenvalue weighted by Gasteiger charge is 2.42. The molecule has 0 aromatic heterocycles. The SMILES string of the molecule is Cl.NCCOc1ccc(S(=O)(=O)C2CS(=O)(=O)c3ccccc32)cc1. The highest BCUT2D eigenvalue weighted by molar-refractivity contribution is 7.96. The molecule has 25 heavy (non-hydrogen) atoms. The lowest BCUT2D eigenvalue weighted by molar-refractivity contribution is 0.328. The zero-order valence-corrected chi connectivity index (χ0v) is 15.6. The second kappa shape index (κ2) is 7.33. The highest BCUT2D eigenvalue weighted by atomic mass is 35.5. The smallest absolute Gasteiger partial charge is 0.186 e. The van der Waals surface area contributed by atoms with Crippen molar-refractivity contribution >= 4 is 32.1 Å². The van der Waals surface area contributed by atoms with Gasteiger partial charge in [0.05, 0.1) is 15.5 Å². The van der Waals surface area contributed by atoms with Crippen molar-refractivity contribution < 1.29 is 21.6 Å². The quantitative estimate of drug-likeness (QED) is 0.815. The van der Waals surface area contributed by atoms with Crippen LogP contribution in [0.4, 0.5) is 0 Å². The summed E-state index contributed by atoms with van der Waals surface area (Å²) in [6, 6.07) is 12.2. The predicted molar refractivity (Wildman–Crippen MR) is 96.7 cm³/mol. The summed E-state index contributed by atoms with van der Waals surface area (Å²) in [6.45, 7) is 0.692. The maximum Gasteiger partial charge on any atom is 0.186 e. The van der Waals surface area contributed by atoms with E-state index in [0.717, 1.165) is 0 Å². The lowest BCUT2D eigenvalue weighted by Gasteiger charge is -2.12. The molecule has 9 heteroatoms. The summed E-state index contributed by atoms with van der Waals surface area (Å²) in [7, 11) is -7.40. The molecule has 0 spiro atoms. The summed E-state index contributed by atoms with van der Waals surface area (Å²) in [6.07, 6.45) is 0. The zero-order chi connectivity index (χ0) is 17.4. The Hall–Kier alpha value is -1.61. The first-order valence-electron chi connectivity index (χ1n) is 7.35. The molecule has 0 radical (unpaired) electrons. The van der Waals surface area contributed by atoms with Crippen LogP contribution in [0.3, 0.4) is 0 Å². The topological polar surface area (TPSA) is 104 Å². The van der Waals surface area contributed by atoms with Crippen LogP contribution in [0.2, 0.25) is 0 Å². The van der Waals surface area contributed by atoms with Crippen LogP contribution in [0.5, 0.6) is 5.75 Å². The molecule has 0 saturated heterocycles. The Morgan fingerprint density at radius 2 is 1.72 bits per heavy atom. The third kappa shape index (κ3) is 3.67. The molecule has 3 rings (SSSR count). The molecule has 2 aromatic carbocycles. The van der Waals surface area contributed by atoms with Crippen molar-refractivity contribution in [3.8, 4) is 5.75 Å². The number of rotatable bonds is 5. The van der Waals surface area contributed by atoms with E-state index >= 15 is 0 Å². The second-order valence-electron chi connectivity index (χ2n) is 5.46. The van der Waals surface area contributed by atoms with Gasteiger partial charge in [0, 0.05) is 6.54 Å². The fraction of sp³-hybridized carbons (Fsp3) is 0.250. The summed E-state index contributed by atoms with van der Waals surface area (Å²) in [5, 5.41) is -1.09. The van der Waals surface area contributed by atoms with E-state index in [2.05, 4.69) is 0 Å². The number of sulfone groups is 2. The molecular weight excluding hydrogens is 386 g/mol. The first-order chi connectivity index (χ1) is 11.4. The van der Waals surface area contributed by atoms with Gasteiger partial charge in [-0.25, -0.2) is 16.8 Å². The Labute approximate surface area is 153 Å². The molecular formula is C16H18ClNO5S2.